The predicted octanol–water partition coefficient (Wildman–Crippen LogP) is 2.76. The number of nitrogens with one attached hydrogen (secondary N) is 1. The fourth-order valence-corrected chi connectivity index (χ4v) is 3.13. The molecule has 0 saturated heterocycles. The Morgan fingerprint density at radius 2 is 2.26 bits per heavy atom. The summed E-state index contributed by atoms with van der Waals surface area (Å²) in [7, 11) is -0.842. The normalized spacial score (nSPS) is 14.3. The Morgan fingerprint density at radius 3 is 2.95 bits per heavy atom. The second-order valence-electron chi connectivity index (χ2n) is 4.54. The molecule has 1 aromatic carbocycles. The molecule has 0 amide bonds. The zero-order valence-electron chi connectivity index (χ0n) is 10.8. The molecule has 0 spiro atoms. The third kappa shape index (κ3) is 3.45. The Balaban J connectivity index is 2.43. The minimum atomic E-state index is -0.842. The van der Waals surface area contributed by atoms with E-state index in [1.807, 2.05) is 25.1 Å². The first-order valence-corrected chi connectivity index (χ1v) is 8.39. The van der Waals surface area contributed by atoms with Crippen LogP contribution in [0.4, 0.5) is 11.4 Å². The first-order valence-electron chi connectivity index (χ1n) is 5.87. The maximum absolute atomic E-state index is 11.3. The van der Waals surface area contributed by atoms with Crippen LogP contribution in [0, 0.1) is 0 Å². The quantitative estimate of drug-likeness (QED) is 0.897. The van der Waals surface area contributed by atoms with Crippen LogP contribution in [-0.2, 0) is 10.8 Å². The number of nitrogen functional groups attached to an aromatic ring is 1. The maximum Gasteiger partial charge on any atom is 0.0743 e. The van der Waals surface area contributed by atoms with Crippen molar-refractivity contribution in [2.45, 2.75) is 13.0 Å². The molecule has 2 aromatic rings. The Kier molecular flexibility index (Phi) is 4.42. The molecule has 0 aliphatic rings. The second-order valence-corrected chi connectivity index (χ2v) is 6.93. The molecule has 0 saturated carbocycles. The molecular weight excluding hydrogens is 326 g/mol. The lowest BCUT2D eigenvalue weighted by Crippen LogP contribution is -2.23. The number of benzene rings is 1. The highest BCUT2D eigenvalue weighted by Gasteiger charge is 2.11. The van der Waals surface area contributed by atoms with Gasteiger partial charge in [-0.2, -0.15) is 0 Å². The summed E-state index contributed by atoms with van der Waals surface area (Å²) in [6.45, 7) is 1.99. The summed E-state index contributed by atoms with van der Waals surface area (Å²) in [6.07, 6.45) is 3.34. The predicted molar refractivity (Wildman–Crippen MR) is 85.9 cm³/mol. The molecule has 6 heteroatoms. The number of nitrogens with two attached hydrogens (primary N) is 1. The fourth-order valence-electron chi connectivity index (χ4n) is 1.98. The van der Waals surface area contributed by atoms with Gasteiger partial charge in [-0.15, -0.1) is 0 Å². The molecule has 0 bridgehead atoms. The van der Waals surface area contributed by atoms with E-state index in [-0.39, 0.29) is 6.04 Å². The molecule has 0 radical (unpaired) electrons. The summed E-state index contributed by atoms with van der Waals surface area (Å²) in [5.41, 5.74) is 8.33. The van der Waals surface area contributed by atoms with Gasteiger partial charge in [0.05, 0.1) is 23.1 Å². The van der Waals surface area contributed by atoms with Crippen LogP contribution in [0.25, 0.3) is 10.9 Å². The van der Waals surface area contributed by atoms with E-state index in [9.17, 15) is 4.21 Å². The van der Waals surface area contributed by atoms with Gasteiger partial charge in [-0.3, -0.25) is 9.19 Å². The average molecular weight is 342 g/mol. The van der Waals surface area contributed by atoms with Gasteiger partial charge in [0, 0.05) is 38.7 Å². The average Bonchev–Trinajstić information content (AvgIpc) is 2.32. The first kappa shape index (κ1) is 14.3. The number of halogens is 1. The molecule has 2 atom stereocenters. The summed E-state index contributed by atoms with van der Waals surface area (Å²) >= 11 is 3.45. The minimum absolute atomic E-state index is 0.0812. The van der Waals surface area contributed by atoms with Crippen molar-refractivity contribution in [1.82, 2.24) is 4.98 Å². The smallest absolute Gasteiger partial charge is 0.0743 e. The number of hydrogen-bond donors (Lipinski definition) is 2. The third-order valence-corrected chi connectivity index (χ3v) is 4.20. The molecule has 0 aliphatic heterocycles. The van der Waals surface area contributed by atoms with Gasteiger partial charge in [0.15, 0.2) is 0 Å². The molecule has 2 rings (SSSR count). The highest BCUT2D eigenvalue weighted by Crippen LogP contribution is 2.30. The van der Waals surface area contributed by atoms with Crippen LogP contribution in [0.3, 0.4) is 0 Å². The first-order chi connectivity index (χ1) is 8.97. The van der Waals surface area contributed by atoms with Crippen molar-refractivity contribution in [2.75, 3.05) is 23.1 Å². The number of hydrogen-bond acceptors (Lipinski definition) is 4. The van der Waals surface area contributed by atoms with Crippen molar-refractivity contribution in [3.8, 4) is 0 Å². The number of anilines is 2. The largest absolute Gasteiger partial charge is 0.396 e. The van der Waals surface area contributed by atoms with Gasteiger partial charge in [0.25, 0.3) is 0 Å². The highest BCUT2D eigenvalue weighted by molar-refractivity contribution is 9.10. The van der Waals surface area contributed by atoms with Gasteiger partial charge in [0.2, 0.25) is 0 Å². The third-order valence-electron chi connectivity index (χ3n) is 2.73. The van der Waals surface area contributed by atoms with E-state index < -0.39 is 10.8 Å². The van der Waals surface area contributed by atoms with E-state index in [2.05, 4.69) is 26.2 Å². The highest BCUT2D eigenvalue weighted by atomic mass is 79.9. The second kappa shape index (κ2) is 5.88. The van der Waals surface area contributed by atoms with E-state index in [1.54, 1.807) is 12.5 Å². The number of aromatic nitrogens is 1. The van der Waals surface area contributed by atoms with E-state index in [1.165, 1.54) is 0 Å². The lowest BCUT2D eigenvalue weighted by atomic mass is 10.1. The van der Waals surface area contributed by atoms with Gasteiger partial charge in [0.1, 0.15) is 0 Å². The van der Waals surface area contributed by atoms with Crippen LogP contribution in [0.5, 0.6) is 0 Å². The fraction of sp³-hybridized carbons (Fsp3) is 0.308. The standard InChI is InChI=1S/C13H16BrN3OS/c1-8(7-19(2)18)17-13-10-5-9(14)3-4-12(10)16-6-11(13)15/h3-6,8H,7,15H2,1-2H3,(H,16,17). The van der Waals surface area contributed by atoms with Gasteiger partial charge in [-0.05, 0) is 25.1 Å². The summed E-state index contributed by atoms with van der Waals surface area (Å²) < 4.78 is 12.2. The van der Waals surface area contributed by atoms with E-state index in [0.29, 0.717) is 11.4 Å². The SMILES string of the molecule is CC(CS(C)=O)Nc1c(N)cnc2ccc(Br)cc12. The van der Waals surface area contributed by atoms with Crippen molar-refractivity contribution in [1.29, 1.82) is 0 Å². The monoisotopic (exact) mass is 341 g/mol. The topological polar surface area (TPSA) is 68.0 Å². The van der Waals surface area contributed by atoms with Crippen LogP contribution in [0.15, 0.2) is 28.9 Å². The molecule has 2 unspecified atom stereocenters. The Bertz CT molecular complexity index is 627. The van der Waals surface area contributed by atoms with Crippen molar-refractivity contribution in [3.05, 3.63) is 28.9 Å². The van der Waals surface area contributed by atoms with Crippen molar-refractivity contribution < 1.29 is 4.21 Å². The van der Waals surface area contributed by atoms with Crippen LogP contribution in [-0.4, -0.2) is 27.2 Å². The number of fused-ring (bicyclic) bond motifs is 1. The summed E-state index contributed by atoms with van der Waals surface area (Å²) in [5.74, 6) is 0.581. The lowest BCUT2D eigenvalue weighted by molar-refractivity contribution is 0.683. The van der Waals surface area contributed by atoms with E-state index >= 15 is 0 Å². The molecular formula is C13H16BrN3OS. The van der Waals surface area contributed by atoms with Crippen molar-refractivity contribution in [2.24, 2.45) is 0 Å². The molecule has 0 fully saturated rings. The van der Waals surface area contributed by atoms with Gasteiger partial charge in [-0.1, -0.05) is 15.9 Å². The molecule has 4 nitrogen and oxygen atoms in total. The molecule has 0 aliphatic carbocycles. The van der Waals surface area contributed by atoms with Crippen LogP contribution >= 0.6 is 15.9 Å². The zero-order valence-corrected chi connectivity index (χ0v) is 13.2. The number of pyridine rings is 1. The van der Waals surface area contributed by atoms with Crippen molar-refractivity contribution >= 4 is 49.0 Å². The number of nitrogens with zero attached hydrogens (tertiary/aromatic N) is 1. The summed E-state index contributed by atoms with van der Waals surface area (Å²) in [4.78, 5) is 4.30. The van der Waals surface area contributed by atoms with Crippen LogP contribution in [0.2, 0.25) is 0 Å². The van der Waals surface area contributed by atoms with Crippen LogP contribution in [0.1, 0.15) is 6.92 Å². The molecule has 1 heterocycles. The van der Waals surface area contributed by atoms with Gasteiger partial charge >= 0.3 is 0 Å². The molecule has 19 heavy (non-hydrogen) atoms. The Labute approximate surface area is 123 Å². The summed E-state index contributed by atoms with van der Waals surface area (Å²) in [6, 6.07) is 5.95. The van der Waals surface area contributed by atoms with E-state index in [4.69, 9.17) is 5.73 Å². The molecule has 3 N–H and O–H groups in total. The van der Waals surface area contributed by atoms with Gasteiger partial charge in [-0.25, -0.2) is 0 Å². The molecule has 1 aromatic heterocycles. The van der Waals surface area contributed by atoms with Gasteiger partial charge < -0.3 is 11.1 Å². The summed E-state index contributed by atoms with van der Waals surface area (Å²) in [5, 5.41) is 4.29. The van der Waals surface area contributed by atoms with Crippen LogP contribution < -0.4 is 11.1 Å². The maximum atomic E-state index is 11.3. The lowest BCUT2D eigenvalue weighted by Gasteiger charge is -2.17. The molecule has 102 valence electrons. The van der Waals surface area contributed by atoms with E-state index in [0.717, 1.165) is 21.1 Å². The number of rotatable bonds is 4. The van der Waals surface area contributed by atoms with Crippen molar-refractivity contribution in [3.63, 3.8) is 0 Å². The Morgan fingerprint density at radius 1 is 1.53 bits per heavy atom. The minimum Gasteiger partial charge on any atom is -0.396 e. The Hall–Kier alpha value is -1.14. The zero-order chi connectivity index (χ0) is 14.0.